The Morgan fingerprint density at radius 2 is 1.93 bits per heavy atom. The fourth-order valence-electron chi connectivity index (χ4n) is 4.22. The van der Waals surface area contributed by atoms with Gasteiger partial charge in [-0.25, -0.2) is 4.79 Å². The summed E-state index contributed by atoms with van der Waals surface area (Å²) in [7, 11) is 3.63. The number of allylic oxidation sites excluding steroid dienone is 1. The third-order valence-corrected chi connectivity index (χ3v) is 6.35. The zero-order chi connectivity index (χ0) is 28.9. The number of halogens is 3. The summed E-state index contributed by atoms with van der Waals surface area (Å²) in [6.07, 6.45) is -0.970. The number of H-pyrrole nitrogens is 1. The second-order valence-corrected chi connectivity index (χ2v) is 9.31. The Kier molecular flexibility index (Phi) is 8.71. The lowest BCUT2D eigenvalue weighted by atomic mass is 10.0. The molecule has 0 aliphatic carbocycles. The zero-order valence-corrected chi connectivity index (χ0v) is 22.4. The lowest BCUT2D eigenvalue weighted by molar-refractivity contribution is -0.138. The highest BCUT2D eigenvalue weighted by molar-refractivity contribution is 5.99. The minimum Gasteiger partial charge on any atom is -0.308 e. The molecule has 40 heavy (non-hydrogen) atoms. The number of urea groups is 1. The summed E-state index contributed by atoms with van der Waals surface area (Å²) >= 11 is 0. The summed E-state index contributed by atoms with van der Waals surface area (Å²) in [4.78, 5) is 20.7. The Morgan fingerprint density at radius 1 is 1.18 bits per heavy atom. The highest BCUT2D eigenvalue weighted by Gasteiger charge is 2.34. The minimum absolute atomic E-state index is 0.0172. The zero-order valence-electron chi connectivity index (χ0n) is 22.4. The van der Waals surface area contributed by atoms with Gasteiger partial charge >= 0.3 is 12.2 Å². The van der Waals surface area contributed by atoms with Gasteiger partial charge in [-0.2, -0.15) is 23.4 Å². The van der Waals surface area contributed by atoms with Gasteiger partial charge in [0, 0.05) is 51.5 Å². The molecule has 0 spiro atoms. The van der Waals surface area contributed by atoms with E-state index in [2.05, 4.69) is 54.4 Å². The maximum atomic E-state index is 13.9. The van der Waals surface area contributed by atoms with Crippen molar-refractivity contribution in [3.8, 4) is 11.8 Å². The number of carbonyl (C=O) groups is 1. The van der Waals surface area contributed by atoms with E-state index in [1.54, 1.807) is 13.1 Å². The first-order chi connectivity index (χ1) is 19.1. The van der Waals surface area contributed by atoms with Crippen LogP contribution in [0.1, 0.15) is 35.1 Å². The molecule has 1 saturated heterocycles. The highest BCUT2D eigenvalue weighted by atomic mass is 19.4. The monoisotopic (exact) mass is 553 g/mol. The summed E-state index contributed by atoms with van der Waals surface area (Å²) in [5, 5.41) is 16.2. The fourth-order valence-corrected chi connectivity index (χ4v) is 4.22. The van der Waals surface area contributed by atoms with Crippen LogP contribution in [0.25, 0.3) is 6.08 Å². The number of anilines is 2. The molecular weight excluding hydrogens is 523 g/mol. The first-order valence-electron chi connectivity index (χ1n) is 12.5. The molecule has 0 atom stereocenters. The number of likely N-dealkylation sites (N-methyl/N-ethyl adjacent to an activating group) is 1. The summed E-state index contributed by atoms with van der Waals surface area (Å²) in [6.45, 7) is 8.58. The number of benzene rings is 1. The number of piperazine rings is 1. The largest absolute Gasteiger partial charge is 0.416 e. The molecule has 4 rings (SSSR count). The third-order valence-electron chi connectivity index (χ3n) is 6.35. The summed E-state index contributed by atoms with van der Waals surface area (Å²) in [5.74, 6) is 6.03. The molecule has 1 fully saturated rings. The van der Waals surface area contributed by atoms with Crippen LogP contribution in [0.5, 0.6) is 0 Å². The van der Waals surface area contributed by atoms with Crippen molar-refractivity contribution < 1.29 is 18.0 Å². The Bertz CT molecular complexity index is 1470. The molecule has 13 heteroatoms. The topological polar surface area (TPSA) is 106 Å². The van der Waals surface area contributed by atoms with Gasteiger partial charge in [-0.05, 0) is 56.3 Å². The van der Waals surface area contributed by atoms with E-state index < -0.39 is 17.8 Å². The van der Waals surface area contributed by atoms with Crippen LogP contribution in [-0.4, -0.2) is 75.8 Å². The van der Waals surface area contributed by atoms with Gasteiger partial charge in [0.05, 0.1) is 5.56 Å². The lowest BCUT2D eigenvalue weighted by Crippen LogP contribution is -2.44. The number of aryl methyl sites for hydroxylation is 1. The molecule has 0 bridgehead atoms. The predicted molar refractivity (Wildman–Crippen MR) is 149 cm³/mol. The van der Waals surface area contributed by atoms with Crippen LogP contribution in [0.3, 0.4) is 0 Å². The van der Waals surface area contributed by atoms with Gasteiger partial charge in [-0.1, -0.05) is 12.1 Å². The molecule has 1 aromatic carbocycles. The van der Waals surface area contributed by atoms with Crippen LogP contribution in [0.15, 0.2) is 35.3 Å². The van der Waals surface area contributed by atoms with Crippen molar-refractivity contribution in [1.82, 2.24) is 29.8 Å². The van der Waals surface area contributed by atoms with Crippen LogP contribution < -0.4 is 10.6 Å². The Labute approximate surface area is 230 Å². The number of rotatable bonds is 6. The van der Waals surface area contributed by atoms with Gasteiger partial charge in [-0.15, -0.1) is 0 Å². The van der Waals surface area contributed by atoms with E-state index in [-0.39, 0.29) is 23.6 Å². The van der Waals surface area contributed by atoms with E-state index in [0.29, 0.717) is 35.9 Å². The number of carbonyl (C=O) groups excluding carboxylic acids is 1. The van der Waals surface area contributed by atoms with E-state index in [9.17, 15) is 18.0 Å². The van der Waals surface area contributed by atoms with Crippen LogP contribution in [0, 0.1) is 11.8 Å². The van der Waals surface area contributed by atoms with Crippen molar-refractivity contribution in [3.05, 3.63) is 58.6 Å². The first kappa shape index (κ1) is 28.6. The number of aliphatic imine (C=N–C) groups is 1. The van der Waals surface area contributed by atoms with Crippen LogP contribution in [0.4, 0.5) is 35.2 Å². The van der Waals surface area contributed by atoms with Gasteiger partial charge in [0.25, 0.3) is 0 Å². The smallest absolute Gasteiger partial charge is 0.308 e. The van der Waals surface area contributed by atoms with Gasteiger partial charge in [0.1, 0.15) is 22.8 Å². The number of alkyl halides is 3. The number of nitrogens with zero attached hydrogens (tertiary/aromatic N) is 6. The average Bonchev–Trinajstić information content (AvgIpc) is 3.45. The second kappa shape index (κ2) is 12.2. The maximum Gasteiger partial charge on any atom is 0.416 e. The molecule has 0 unspecified atom stereocenters. The number of aromatic amines is 1. The van der Waals surface area contributed by atoms with E-state index in [0.717, 1.165) is 19.2 Å². The van der Waals surface area contributed by atoms with Crippen LogP contribution in [-0.2, 0) is 19.8 Å². The van der Waals surface area contributed by atoms with Crippen LogP contribution in [0.2, 0.25) is 0 Å². The molecule has 2 aromatic heterocycles. The molecule has 0 saturated carbocycles. The first-order valence-corrected chi connectivity index (χ1v) is 12.5. The highest BCUT2D eigenvalue weighted by Crippen LogP contribution is 2.34. The predicted octanol–water partition coefficient (Wildman–Crippen LogP) is 4.32. The molecule has 2 amide bonds. The Hall–Kier alpha value is -4.41. The van der Waals surface area contributed by atoms with E-state index in [1.807, 2.05) is 24.9 Å². The van der Waals surface area contributed by atoms with Gasteiger partial charge < -0.3 is 10.2 Å². The Morgan fingerprint density at radius 3 is 2.60 bits per heavy atom. The molecule has 210 valence electrons. The number of nitrogens with one attached hydrogen (secondary N) is 3. The van der Waals surface area contributed by atoms with Crippen molar-refractivity contribution in [1.29, 1.82) is 0 Å². The molecule has 3 aromatic rings. The summed E-state index contributed by atoms with van der Waals surface area (Å²) in [6, 6.07) is 4.64. The number of hydrogen-bond acceptors (Lipinski definition) is 6. The number of hydrogen-bond donors (Lipinski definition) is 3. The fraction of sp³-hybridized carbons (Fsp3) is 0.333. The third kappa shape index (κ3) is 6.96. The van der Waals surface area contributed by atoms with Crippen molar-refractivity contribution in [2.45, 2.75) is 19.6 Å². The molecule has 1 aliphatic rings. The van der Waals surface area contributed by atoms with E-state index in [4.69, 9.17) is 0 Å². The second-order valence-electron chi connectivity index (χ2n) is 9.31. The van der Waals surface area contributed by atoms with Crippen molar-refractivity contribution in [2.75, 3.05) is 43.9 Å². The van der Waals surface area contributed by atoms with Crippen molar-refractivity contribution in [2.24, 2.45) is 12.0 Å². The maximum absolute atomic E-state index is 13.9. The van der Waals surface area contributed by atoms with Gasteiger partial charge in [0.2, 0.25) is 0 Å². The number of amides is 2. The quantitative estimate of drug-likeness (QED) is 0.312. The van der Waals surface area contributed by atoms with Gasteiger partial charge in [-0.3, -0.25) is 25.0 Å². The average molecular weight is 554 g/mol. The van der Waals surface area contributed by atoms with Crippen LogP contribution >= 0.6 is 0 Å². The normalized spacial score (nSPS) is 14.7. The van der Waals surface area contributed by atoms with Crippen molar-refractivity contribution >= 4 is 36.0 Å². The number of aromatic nitrogens is 4. The standard InChI is InChI=1S/C27H30F3N9O/c1-5-6-22-25(31-2)23(35-34-22)10-9-20-16-24(36-38(20)4)33-26(40)32-19-8-7-18(21(15-19)27(28,29)30)17-39-13-11-37(3)12-14-39/h5-8,15-16H,2,11-14,17H2,1,3-4H3,(H,34,35)(H2,32,33,36,40)/b6-5-. The molecule has 3 N–H and O–H groups in total. The molecule has 1 aliphatic heterocycles. The lowest BCUT2D eigenvalue weighted by Gasteiger charge is -2.33. The summed E-state index contributed by atoms with van der Waals surface area (Å²) in [5.41, 5.74) is 1.46. The SMILES string of the molecule is C=Nc1c(/C=C\C)n[nH]c1C#Cc1cc(NC(=O)Nc2ccc(CN3CCN(C)CC3)c(C(F)(F)F)c2)nn1C. The molecule has 0 radical (unpaired) electrons. The summed E-state index contributed by atoms with van der Waals surface area (Å²) < 4.78 is 43.0. The van der Waals surface area contributed by atoms with Crippen molar-refractivity contribution in [3.63, 3.8) is 0 Å². The van der Waals surface area contributed by atoms with E-state index >= 15 is 0 Å². The molecule has 3 heterocycles. The molecule has 10 nitrogen and oxygen atoms in total. The van der Waals surface area contributed by atoms with E-state index in [1.165, 1.54) is 22.9 Å². The minimum atomic E-state index is -4.56. The molecular formula is C27H30F3N9O. The Balaban J connectivity index is 1.44. The van der Waals surface area contributed by atoms with Gasteiger partial charge in [0.15, 0.2) is 5.82 Å².